The van der Waals surface area contributed by atoms with Gasteiger partial charge in [-0.2, -0.15) is 11.8 Å². The summed E-state index contributed by atoms with van der Waals surface area (Å²) in [4.78, 5) is 2.65. The van der Waals surface area contributed by atoms with Crippen LogP contribution >= 0.6 is 11.8 Å². The molecule has 1 rings (SSSR count). The topological polar surface area (TPSA) is 29.3 Å². The lowest BCUT2D eigenvalue weighted by Crippen LogP contribution is -2.62. The first kappa shape index (κ1) is 15.3. The van der Waals surface area contributed by atoms with Crippen molar-refractivity contribution in [2.75, 3.05) is 24.6 Å². The van der Waals surface area contributed by atoms with Crippen molar-refractivity contribution in [3.8, 4) is 0 Å². The lowest BCUT2D eigenvalue weighted by Gasteiger charge is -2.52. The van der Waals surface area contributed by atoms with Crippen LogP contribution < -0.4 is 5.73 Å². The van der Waals surface area contributed by atoms with Gasteiger partial charge in [0.1, 0.15) is 0 Å². The van der Waals surface area contributed by atoms with Crippen molar-refractivity contribution in [1.29, 1.82) is 0 Å². The molecule has 102 valence electrons. The molecular weight excluding hydrogens is 228 g/mol. The number of hydrogen-bond donors (Lipinski definition) is 1. The van der Waals surface area contributed by atoms with Crippen molar-refractivity contribution >= 4 is 11.8 Å². The third-order valence-electron chi connectivity index (χ3n) is 3.75. The van der Waals surface area contributed by atoms with E-state index in [9.17, 15) is 0 Å². The van der Waals surface area contributed by atoms with Crippen molar-refractivity contribution in [3.63, 3.8) is 0 Å². The molecule has 2 N–H and O–H groups in total. The summed E-state index contributed by atoms with van der Waals surface area (Å²) in [5.41, 5.74) is 6.81. The number of nitrogens with two attached hydrogens (primary N) is 1. The molecule has 0 aromatic carbocycles. The first-order valence-corrected chi connectivity index (χ1v) is 8.07. The monoisotopic (exact) mass is 258 g/mol. The van der Waals surface area contributed by atoms with E-state index in [4.69, 9.17) is 5.73 Å². The van der Waals surface area contributed by atoms with Crippen molar-refractivity contribution in [2.24, 2.45) is 11.1 Å². The van der Waals surface area contributed by atoms with Crippen LogP contribution in [0.25, 0.3) is 0 Å². The summed E-state index contributed by atoms with van der Waals surface area (Å²) in [6, 6.07) is 0.591. The zero-order chi connectivity index (χ0) is 13.1. The molecule has 0 saturated carbocycles. The van der Waals surface area contributed by atoms with Crippen LogP contribution in [0.2, 0.25) is 0 Å². The Hall–Kier alpha value is 0.270. The summed E-state index contributed by atoms with van der Waals surface area (Å²) < 4.78 is 0. The quantitative estimate of drug-likeness (QED) is 0.822. The standard InChI is InChI=1S/C14H30N2S/c1-6-7-16(12(2)3)14(9-15)8-13(4,5)10-17-11-14/h12H,6-11,15H2,1-5H3. The van der Waals surface area contributed by atoms with Gasteiger partial charge in [-0.3, -0.25) is 4.90 Å². The highest BCUT2D eigenvalue weighted by Gasteiger charge is 2.44. The Morgan fingerprint density at radius 3 is 2.35 bits per heavy atom. The Labute approximate surface area is 112 Å². The van der Waals surface area contributed by atoms with E-state index in [0.717, 1.165) is 6.54 Å². The van der Waals surface area contributed by atoms with E-state index < -0.39 is 0 Å². The van der Waals surface area contributed by atoms with E-state index in [1.807, 2.05) is 0 Å². The molecule has 0 radical (unpaired) electrons. The molecule has 17 heavy (non-hydrogen) atoms. The van der Waals surface area contributed by atoms with Gasteiger partial charge in [0.2, 0.25) is 0 Å². The van der Waals surface area contributed by atoms with Gasteiger partial charge in [-0.25, -0.2) is 0 Å². The molecule has 1 saturated heterocycles. The van der Waals surface area contributed by atoms with Crippen LogP contribution in [0.4, 0.5) is 0 Å². The Morgan fingerprint density at radius 2 is 1.94 bits per heavy atom. The fourth-order valence-electron chi connectivity index (χ4n) is 3.23. The average molecular weight is 258 g/mol. The van der Waals surface area contributed by atoms with Crippen LogP contribution in [0.3, 0.4) is 0 Å². The minimum absolute atomic E-state index is 0.219. The maximum atomic E-state index is 6.17. The van der Waals surface area contributed by atoms with Gasteiger partial charge in [0.15, 0.2) is 0 Å². The van der Waals surface area contributed by atoms with Crippen LogP contribution in [0.15, 0.2) is 0 Å². The second kappa shape index (κ2) is 5.94. The molecule has 1 aliphatic heterocycles. The Kier molecular flexibility index (Phi) is 5.36. The lowest BCUT2D eigenvalue weighted by molar-refractivity contribution is 0.0418. The molecule has 2 nitrogen and oxygen atoms in total. The molecule has 1 fully saturated rings. The molecule has 0 spiro atoms. The fourth-order valence-corrected chi connectivity index (χ4v) is 4.75. The van der Waals surface area contributed by atoms with Gasteiger partial charge >= 0.3 is 0 Å². The minimum Gasteiger partial charge on any atom is -0.329 e. The van der Waals surface area contributed by atoms with Crippen molar-refractivity contribution < 1.29 is 0 Å². The van der Waals surface area contributed by atoms with Gasteiger partial charge in [-0.15, -0.1) is 0 Å². The third-order valence-corrected chi connectivity index (χ3v) is 5.48. The SMILES string of the molecule is CCCN(C(C)C)C1(CN)CSCC(C)(C)C1. The first-order valence-electron chi connectivity index (χ1n) is 6.91. The normalized spacial score (nSPS) is 28.9. The summed E-state index contributed by atoms with van der Waals surface area (Å²) in [7, 11) is 0. The summed E-state index contributed by atoms with van der Waals surface area (Å²) in [6.45, 7) is 13.6. The minimum atomic E-state index is 0.219. The second-order valence-electron chi connectivity index (χ2n) is 6.55. The van der Waals surface area contributed by atoms with Gasteiger partial charge < -0.3 is 5.73 Å². The smallest absolute Gasteiger partial charge is 0.0429 e. The van der Waals surface area contributed by atoms with E-state index in [1.165, 1.54) is 30.9 Å². The van der Waals surface area contributed by atoms with E-state index in [1.54, 1.807) is 0 Å². The average Bonchev–Trinajstić information content (AvgIpc) is 2.23. The molecule has 1 unspecified atom stereocenters. The molecular formula is C14H30N2S. The number of rotatable bonds is 5. The molecule has 0 amide bonds. The van der Waals surface area contributed by atoms with Gasteiger partial charge in [0.25, 0.3) is 0 Å². The zero-order valence-corrected chi connectivity index (χ0v) is 13.1. The van der Waals surface area contributed by atoms with Gasteiger partial charge in [-0.1, -0.05) is 20.8 Å². The molecule has 0 aliphatic carbocycles. The summed E-state index contributed by atoms with van der Waals surface area (Å²) in [5, 5.41) is 0. The highest BCUT2D eigenvalue weighted by atomic mass is 32.2. The van der Waals surface area contributed by atoms with Gasteiger partial charge in [0.05, 0.1) is 0 Å². The third kappa shape index (κ3) is 3.62. The first-order chi connectivity index (χ1) is 7.87. The fraction of sp³-hybridized carbons (Fsp3) is 1.00. The van der Waals surface area contributed by atoms with E-state index in [0.29, 0.717) is 11.5 Å². The lowest BCUT2D eigenvalue weighted by atomic mass is 9.78. The van der Waals surface area contributed by atoms with Crippen molar-refractivity contribution in [1.82, 2.24) is 4.90 Å². The summed E-state index contributed by atoms with van der Waals surface area (Å²) >= 11 is 2.08. The summed E-state index contributed by atoms with van der Waals surface area (Å²) in [6.07, 6.45) is 2.45. The highest BCUT2D eigenvalue weighted by molar-refractivity contribution is 7.99. The molecule has 1 aliphatic rings. The van der Waals surface area contributed by atoms with Crippen LogP contribution in [-0.2, 0) is 0 Å². The Bertz CT molecular complexity index is 240. The Balaban J connectivity index is 2.91. The largest absolute Gasteiger partial charge is 0.329 e. The maximum absolute atomic E-state index is 6.17. The maximum Gasteiger partial charge on any atom is 0.0429 e. The van der Waals surface area contributed by atoms with Crippen LogP contribution in [0, 0.1) is 5.41 Å². The number of thioether (sulfide) groups is 1. The van der Waals surface area contributed by atoms with Crippen LogP contribution in [0.1, 0.15) is 47.5 Å². The molecule has 3 heteroatoms. The molecule has 0 aromatic rings. The van der Waals surface area contributed by atoms with Crippen LogP contribution in [-0.4, -0.2) is 41.1 Å². The summed E-state index contributed by atoms with van der Waals surface area (Å²) in [5.74, 6) is 2.47. The van der Waals surface area contributed by atoms with Crippen molar-refractivity contribution in [2.45, 2.75) is 59.0 Å². The van der Waals surface area contributed by atoms with E-state index in [-0.39, 0.29) is 5.54 Å². The van der Waals surface area contributed by atoms with Crippen molar-refractivity contribution in [3.05, 3.63) is 0 Å². The number of hydrogen-bond acceptors (Lipinski definition) is 3. The second-order valence-corrected chi connectivity index (χ2v) is 7.53. The highest BCUT2D eigenvalue weighted by Crippen LogP contribution is 2.42. The molecule has 0 bridgehead atoms. The predicted molar refractivity (Wildman–Crippen MR) is 79.6 cm³/mol. The molecule has 0 aromatic heterocycles. The van der Waals surface area contributed by atoms with Gasteiger partial charge in [-0.05, 0) is 44.4 Å². The van der Waals surface area contributed by atoms with E-state index in [2.05, 4.69) is 51.3 Å². The molecule has 1 atom stereocenters. The number of nitrogens with zero attached hydrogens (tertiary/aromatic N) is 1. The van der Waals surface area contributed by atoms with Crippen LogP contribution in [0.5, 0.6) is 0 Å². The van der Waals surface area contributed by atoms with E-state index >= 15 is 0 Å². The van der Waals surface area contributed by atoms with Gasteiger partial charge in [0, 0.05) is 23.9 Å². The predicted octanol–water partition coefficient (Wildman–Crippen LogP) is 2.97. The Morgan fingerprint density at radius 1 is 1.29 bits per heavy atom. The zero-order valence-electron chi connectivity index (χ0n) is 12.3. The molecule has 1 heterocycles.